The smallest absolute Gasteiger partial charge is 0.302 e. The van der Waals surface area contributed by atoms with Crippen molar-refractivity contribution in [3.63, 3.8) is 0 Å². The quantitative estimate of drug-likeness (QED) is 0.153. The lowest BCUT2D eigenvalue weighted by atomic mass is 9.37. The van der Waals surface area contributed by atoms with Gasteiger partial charge in [0.2, 0.25) is 0 Å². The van der Waals surface area contributed by atoms with Gasteiger partial charge in [0.05, 0.1) is 17.8 Å². The second-order valence-corrected chi connectivity index (χ2v) is 19.6. The highest BCUT2D eigenvalue weighted by atomic mass is 16.7. The molecule has 17 atom stereocenters. The van der Waals surface area contributed by atoms with Crippen molar-refractivity contribution < 1.29 is 53.7 Å². The molecule has 2 saturated heterocycles. The van der Waals surface area contributed by atoms with E-state index in [1.165, 1.54) is 13.8 Å². The van der Waals surface area contributed by atoms with Crippen LogP contribution in [0.2, 0.25) is 0 Å². The molecule has 11 nitrogen and oxygen atoms in total. The Bertz CT molecular complexity index is 1380. The van der Waals surface area contributed by atoms with Crippen LogP contribution in [-0.4, -0.2) is 99.7 Å². The van der Waals surface area contributed by atoms with Gasteiger partial charge in [-0.3, -0.25) is 9.59 Å². The van der Waals surface area contributed by atoms with E-state index in [1.807, 2.05) is 13.8 Å². The lowest BCUT2D eigenvalue weighted by Gasteiger charge is -2.69. The molecule has 5 aliphatic carbocycles. The largest absolute Gasteiger partial charge is 0.463 e. The van der Waals surface area contributed by atoms with Crippen molar-refractivity contribution in [1.82, 2.24) is 0 Å². The molecule has 0 aromatic carbocycles. The zero-order valence-electron chi connectivity index (χ0n) is 32.2. The number of carbonyl (C=O) groups is 2. The van der Waals surface area contributed by atoms with E-state index in [9.17, 15) is 30.0 Å². The summed E-state index contributed by atoms with van der Waals surface area (Å²) in [6, 6.07) is 0. The van der Waals surface area contributed by atoms with Gasteiger partial charge in [-0.2, -0.15) is 0 Å². The second kappa shape index (κ2) is 12.3. The Morgan fingerprint density at radius 3 is 2.18 bits per heavy atom. The molecule has 290 valence electrons. The molecule has 7 fully saturated rings. The molecule has 11 heteroatoms. The van der Waals surface area contributed by atoms with Crippen LogP contribution in [0.5, 0.6) is 0 Å². The molecule has 0 bridgehead atoms. The van der Waals surface area contributed by atoms with Crippen molar-refractivity contribution in [3.8, 4) is 0 Å². The van der Waals surface area contributed by atoms with Crippen molar-refractivity contribution in [2.75, 3.05) is 6.61 Å². The summed E-state index contributed by atoms with van der Waals surface area (Å²) in [7, 11) is 0. The number of epoxide rings is 1. The number of carbonyl (C=O) groups excluding carboxylic acids is 2. The number of hydrogen-bond donors (Lipinski definition) is 4. The van der Waals surface area contributed by atoms with Gasteiger partial charge in [-0.15, -0.1) is 0 Å². The van der Waals surface area contributed by atoms with Gasteiger partial charge in [-0.25, -0.2) is 0 Å². The monoisotopic (exact) mass is 720 g/mol. The number of ether oxygens (including phenoxy) is 5. The molecule has 7 aliphatic rings. The third kappa shape index (κ3) is 5.51. The fraction of sp³-hybridized carbons (Fsp3) is 0.950. The van der Waals surface area contributed by atoms with Crippen molar-refractivity contribution in [3.05, 3.63) is 0 Å². The fourth-order valence-corrected chi connectivity index (χ4v) is 14.1. The van der Waals surface area contributed by atoms with Gasteiger partial charge in [0.15, 0.2) is 6.29 Å². The molecule has 5 saturated carbocycles. The fourth-order valence-electron chi connectivity index (χ4n) is 14.1. The van der Waals surface area contributed by atoms with Crippen molar-refractivity contribution >= 4 is 11.9 Å². The Kier molecular flexibility index (Phi) is 9.18. The number of esters is 2. The van der Waals surface area contributed by atoms with Crippen LogP contribution >= 0.6 is 0 Å². The summed E-state index contributed by atoms with van der Waals surface area (Å²) in [5.41, 5.74) is -0.829. The van der Waals surface area contributed by atoms with Crippen LogP contribution in [0.3, 0.4) is 0 Å². The van der Waals surface area contributed by atoms with E-state index in [0.717, 1.165) is 44.9 Å². The van der Waals surface area contributed by atoms with Gasteiger partial charge in [0, 0.05) is 24.7 Å². The molecule has 0 unspecified atom stereocenters. The number of rotatable bonds is 9. The minimum Gasteiger partial charge on any atom is -0.463 e. The Hall–Kier alpha value is -1.34. The van der Waals surface area contributed by atoms with Crippen LogP contribution in [0.1, 0.15) is 120 Å². The summed E-state index contributed by atoms with van der Waals surface area (Å²) in [5, 5.41) is 44.3. The molecule has 0 radical (unpaired) electrons. The van der Waals surface area contributed by atoms with E-state index in [0.29, 0.717) is 24.7 Å². The van der Waals surface area contributed by atoms with Gasteiger partial charge in [-0.1, -0.05) is 34.6 Å². The molecule has 2 aliphatic heterocycles. The molecule has 0 spiro atoms. The Balaban J connectivity index is 1.23. The van der Waals surface area contributed by atoms with Gasteiger partial charge in [0.1, 0.15) is 43.2 Å². The Labute approximate surface area is 303 Å². The third-order valence-corrected chi connectivity index (χ3v) is 16.5. The summed E-state index contributed by atoms with van der Waals surface area (Å²) < 4.78 is 30.2. The minimum absolute atomic E-state index is 0.00651. The third-order valence-electron chi connectivity index (χ3n) is 16.5. The maximum Gasteiger partial charge on any atom is 0.302 e. The summed E-state index contributed by atoms with van der Waals surface area (Å²) >= 11 is 0. The average Bonchev–Trinajstić information content (AvgIpc) is 3.87. The second-order valence-electron chi connectivity index (χ2n) is 19.6. The van der Waals surface area contributed by atoms with Crippen molar-refractivity contribution in [2.24, 2.45) is 50.7 Å². The normalized spacial score (nSPS) is 51.5. The highest BCUT2D eigenvalue weighted by Crippen LogP contribution is 2.91. The summed E-state index contributed by atoms with van der Waals surface area (Å²) in [4.78, 5) is 23.9. The molecular weight excluding hydrogens is 656 g/mol. The van der Waals surface area contributed by atoms with E-state index in [1.54, 1.807) is 0 Å². The SMILES string of the molecule is CC(=O)OC[C@@H]1O[C@H](O[C@@H]2C[C@@H]3C(C)(C)[C@H](OC(C)=O)CC[C@]3(C)[C@H]3CC[C@]45C[C@]4(CC[C@H]5[C@@H](C)C[C@H](O)[C@H]4OC4(C)C)[C@@]32C)[C@@H](O)[C@H](O)[C@H]1O. The molecule has 51 heavy (non-hydrogen) atoms. The summed E-state index contributed by atoms with van der Waals surface area (Å²) in [6.07, 6.45) is 0.542. The zero-order chi connectivity index (χ0) is 37.3. The molecule has 2 heterocycles. The topological polar surface area (TPSA) is 165 Å². The molecule has 4 N–H and O–H groups in total. The van der Waals surface area contributed by atoms with Crippen molar-refractivity contribution in [1.29, 1.82) is 0 Å². The predicted octanol–water partition coefficient (Wildman–Crippen LogP) is 4.29. The maximum absolute atomic E-state index is 12.3. The van der Waals surface area contributed by atoms with Gasteiger partial charge < -0.3 is 44.1 Å². The van der Waals surface area contributed by atoms with Crippen LogP contribution in [0.25, 0.3) is 0 Å². The van der Waals surface area contributed by atoms with Crippen LogP contribution in [0, 0.1) is 50.7 Å². The zero-order valence-corrected chi connectivity index (χ0v) is 32.2. The van der Waals surface area contributed by atoms with E-state index in [-0.39, 0.29) is 75.4 Å². The van der Waals surface area contributed by atoms with Crippen LogP contribution in [-0.2, 0) is 33.3 Å². The summed E-state index contributed by atoms with van der Waals surface area (Å²) in [6.45, 7) is 18.2. The van der Waals surface area contributed by atoms with Gasteiger partial charge in [-0.05, 0) is 112 Å². The molecule has 0 aromatic heterocycles. The number of aliphatic hydroxyl groups excluding tert-OH is 4. The maximum atomic E-state index is 12.3. The predicted molar refractivity (Wildman–Crippen MR) is 185 cm³/mol. The van der Waals surface area contributed by atoms with Gasteiger partial charge in [0.25, 0.3) is 0 Å². The van der Waals surface area contributed by atoms with E-state index < -0.39 is 42.8 Å². The first-order valence-corrected chi connectivity index (χ1v) is 19.7. The number of hydrogen-bond acceptors (Lipinski definition) is 11. The van der Waals surface area contributed by atoms with Crippen molar-refractivity contribution in [2.45, 2.75) is 181 Å². The molecular formula is C40H64O11. The van der Waals surface area contributed by atoms with E-state index in [2.05, 4.69) is 34.6 Å². The molecule has 0 aromatic rings. The molecule has 7 rings (SSSR count). The Morgan fingerprint density at radius 2 is 1.55 bits per heavy atom. The van der Waals surface area contributed by atoms with Gasteiger partial charge >= 0.3 is 11.9 Å². The first kappa shape index (κ1) is 38.0. The van der Waals surface area contributed by atoms with Crippen LogP contribution in [0.15, 0.2) is 0 Å². The van der Waals surface area contributed by atoms with E-state index in [4.69, 9.17) is 23.7 Å². The average molecular weight is 721 g/mol. The highest BCUT2D eigenvalue weighted by molar-refractivity contribution is 5.66. The number of fused-ring (bicyclic) bond motifs is 3. The van der Waals surface area contributed by atoms with Crippen LogP contribution < -0.4 is 0 Å². The minimum atomic E-state index is -1.55. The first-order valence-electron chi connectivity index (χ1n) is 19.7. The molecule has 0 amide bonds. The van der Waals surface area contributed by atoms with Crippen LogP contribution in [0.4, 0.5) is 0 Å². The number of aliphatic hydroxyl groups is 4. The highest BCUT2D eigenvalue weighted by Gasteiger charge is 2.85. The standard InChI is InChI=1S/C40H64O11/c1-20(16-24(43)33-36(6,7)51-33)23-10-15-40-19-39(23,40)14-11-26-37(8)13-12-28(48-22(3)42)35(4,5)27(37)17-29(38(26,40)9)50-34-32(46)31(45)30(44)25(49-34)18-47-21(2)41/h20,23-34,43-46H,10-19H2,1-9H3/t20-,23-,24-,25-,26+,27+,28+,29+,30-,31+,32-,33+,34+,37+,38-,39+,40+/m0/s1. The first-order chi connectivity index (χ1) is 23.7. The van der Waals surface area contributed by atoms with E-state index >= 15 is 0 Å². The lowest BCUT2D eigenvalue weighted by Crippen LogP contribution is -2.68. The Morgan fingerprint density at radius 1 is 0.863 bits per heavy atom. The summed E-state index contributed by atoms with van der Waals surface area (Å²) in [5.74, 6) is 0.407. The lowest BCUT2D eigenvalue weighted by molar-refractivity contribution is -0.344.